The van der Waals surface area contributed by atoms with E-state index < -0.39 is 5.51 Å². The van der Waals surface area contributed by atoms with Crippen molar-refractivity contribution in [2.45, 2.75) is 51.5 Å². The molecule has 0 saturated carbocycles. The van der Waals surface area contributed by atoms with Crippen LogP contribution in [0.1, 0.15) is 54.9 Å². The highest BCUT2D eigenvalue weighted by Gasteiger charge is 2.31. The zero-order valence-corrected chi connectivity index (χ0v) is 14.6. The number of unbranched alkanes of at least 4 members (excludes halogenated alkanes) is 1. The molecule has 1 aromatic rings. The number of halogens is 3. The lowest BCUT2D eigenvalue weighted by Crippen LogP contribution is -2.04. The number of nitrogens with zero attached hydrogens (tertiary/aromatic N) is 1. The maximum atomic E-state index is 12.7. The molecule has 0 aliphatic rings. The standard InChI is InChI=1S/C18H20F3NOS/c1-3-4-8-17(24-18(19,20)21)15(12-22)9-10-16(23)14-7-5-6-13(2)11-14/h5-7,11H,3-4,8-10H2,1-2H3/b17-15+. The number of ketones is 1. The second-order valence-electron chi connectivity index (χ2n) is 5.46. The van der Waals surface area contributed by atoms with Gasteiger partial charge in [-0.25, -0.2) is 0 Å². The summed E-state index contributed by atoms with van der Waals surface area (Å²) in [5.41, 5.74) is -2.91. The zero-order chi connectivity index (χ0) is 18.2. The Morgan fingerprint density at radius 1 is 1.25 bits per heavy atom. The van der Waals surface area contributed by atoms with Gasteiger partial charge in [0.05, 0.1) is 6.07 Å². The van der Waals surface area contributed by atoms with Gasteiger partial charge >= 0.3 is 5.51 Å². The molecule has 2 nitrogen and oxygen atoms in total. The number of allylic oxidation sites excluding steroid dienone is 2. The van der Waals surface area contributed by atoms with Crippen LogP contribution in [-0.2, 0) is 0 Å². The van der Waals surface area contributed by atoms with Gasteiger partial charge in [-0.3, -0.25) is 4.79 Å². The second-order valence-corrected chi connectivity index (χ2v) is 6.62. The summed E-state index contributed by atoms with van der Waals surface area (Å²) in [6, 6.07) is 8.89. The SMILES string of the molecule is CCCC/C(SC(F)(F)F)=C(\C#N)CCC(=O)c1cccc(C)c1. The molecule has 0 spiro atoms. The Morgan fingerprint density at radius 3 is 2.50 bits per heavy atom. The Hall–Kier alpha value is -1.74. The van der Waals surface area contributed by atoms with Gasteiger partial charge in [0.25, 0.3) is 0 Å². The molecule has 1 rings (SSSR count). The number of thioether (sulfide) groups is 1. The number of rotatable bonds is 8. The first-order chi connectivity index (χ1) is 11.3. The quantitative estimate of drug-likeness (QED) is 0.413. The number of carbonyl (C=O) groups excluding carboxylic acids is 1. The van der Waals surface area contributed by atoms with Gasteiger partial charge in [0.1, 0.15) is 0 Å². The van der Waals surface area contributed by atoms with Crippen LogP contribution in [0.3, 0.4) is 0 Å². The lowest BCUT2D eigenvalue weighted by Gasteiger charge is -2.12. The normalized spacial score (nSPS) is 12.5. The molecule has 0 fully saturated rings. The average molecular weight is 355 g/mol. The molecule has 0 N–H and O–H groups in total. The van der Waals surface area contributed by atoms with Gasteiger partial charge in [0.15, 0.2) is 5.78 Å². The maximum absolute atomic E-state index is 12.7. The number of hydrogen-bond acceptors (Lipinski definition) is 3. The van der Waals surface area contributed by atoms with Crippen LogP contribution in [0.2, 0.25) is 0 Å². The van der Waals surface area contributed by atoms with Crippen molar-refractivity contribution < 1.29 is 18.0 Å². The van der Waals surface area contributed by atoms with E-state index in [9.17, 15) is 23.2 Å². The van der Waals surface area contributed by atoms with Crippen molar-refractivity contribution in [1.82, 2.24) is 0 Å². The van der Waals surface area contributed by atoms with Crippen molar-refractivity contribution in [3.8, 4) is 6.07 Å². The fourth-order valence-corrected chi connectivity index (χ4v) is 3.00. The highest BCUT2D eigenvalue weighted by Crippen LogP contribution is 2.40. The van der Waals surface area contributed by atoms with E-state index in [2.05, 4.69) is 0 Å². The second kappa shape index (κ2) is 9.53. The van der Waals surface area contributed by atoms with Gasteiger partial charge in [-0.2, -0.15) is 18.4 Å². The highest BCUT2D eigenvalue weighted by atomic mass is 32.2. The summed E-state index contributed by atoms with van der Waals surface area (Å²) in [6.07, 6.45) is 1.59. The number of alkyl halides is 3. The van der Waals surface area contributed by atoms with Crippen LogP contribution in [0.25, 0.3) is 0 Å². The molecule has 0 atom stereocenters. The van der Waals surface area contributed by atoms with Crippen molar-refractivity contribution >= 4 is 17.5 Å². The third-order valence-corrected chi connectivity index (χ3v) is 4.34. The molecule has 0 radical (unpaired) electrons. The van der Waals surface area contributed by atoms with Crippen LogP contribution in [0.5, 0.6) is 0 Å². The molecule has 6 heteroatoms. The number of benzene rings is 1. The Kier molecular flexibility index (Phi) is 8.06. The Morgan fingerprint density at radius 2 is 1.96 bits per heavy atom. The molecular weight excluding hydrogens is 335 g/mol. The summed E-state index contributed by atoms with van der Waals surface area (Å²) in [6.45, 7) is 3.74. The first-order valence-corrected chi connectivity index (χ1v) is 8.56. The van der Waals surface area contributed by atoms with Crippen molar-refractivity contribution in [3.63, 3.8) is 0 Å². The van der Waals surface area contributed by atoms with Crippen LogP contribution >= 0.6 is 11.8 Å². The highest BCUT2D eigenvalue weighted by molar-refractivity contribution is 8.03. The maximum Gasteiger partial charge on any atom is 0.446 e. The topological polar surface area (TPSA) is 40.9 Å². The fraction of sp³-hybridized carbons (Fsp3) is 0.444. The number of aryl methyl sites for hydroxylation is 1. The summed E-state index contributed by atoms with van der Waals surface area (Å²) in [5.74, 6) is -0.168. The van der Waals surface area contributed by atoms with Gasteiger partial charge in [0, 0.05) is 22.5 Å². The van der Waals surface area contributed by atoms with Gasteiger partial charge in [0.2, 0.25) is 0 Å². The van der Waals surface area contributed by atoms with E-state index in [0.717, 1.165) is 12.0 Å². The molecular formula is C18H20F3NOS. The average Bonchev–Trinajstić information content (AvgIpc) is 2.51. The summed E-state index contributed by atoms with van der Waals surface area (Å²) in [4.78, 5) is 12.2. The predicted octanol–water partition coefficient (Wildman–Crippen LogP) is 6.18. The monoisotopic (exact) mass is 355 g/mol. The number of carbonyl (C=O) groups is 1. The van der Waals surface area contributed by atoms with E-state index in [1.807, 2.05) is 26.0 Å². The minimum absolute atomic E-state index is 0.0282. The van der Waals surface area contributed by atoms with E-state index >= 15 is 0 Å². The summed E-state index contributed by atoms with van der Waals surface area (Å²) >= 11 is -0.230. The lowest BCUT2D eigenvalue weighted by molar-refractivity contribution is -0.0322. The van der Waals surface area contributed by atoms with Crippen LogP contribution < -0.4 is 0 Å². The minimum Gasteiger partial charge on any atom is -0.294 e. The Labute approximate surface area is 144 Å². The van der Waals surface area contributed by atoms with Gasteiger partial charge < -0.3 is 0 Å². The Bertz CT molecular complexity index is 644. The van der Waals surface area contributed by atoms with Crippen LogP contribution in [0.15, 0.2) is 34.7 Å². The molecule has 24 heavy (non-hydrogen) atoms. The molecule has 1 aromatic carbocycles. The molecule has 0 aromatic heterocycles. The van der Waals surface area contributed by atoms with E-state index in [-0.39, 0.29) is 47.3 Å². The van der Waals surface area contributed by atoms with Crippen molar-refractivity contribution in [2.75, 3.05) is 0 Å². The molecule has 0 bridgehead atoms. The summed E-state index contributed by atoms with van der Waals surface area (Å²) < 4.78 is 38.1. The molecule has 0 unspecified atom stereocenters. The molecule has 0 amide bonds. The first-order valence-electron chi connectivity index (χ1n) is 7.74. The summed E-state index contributed by atoms with van der Waals surface area (Å²) in [7, 11) is 0. The zero-order valence-electron chi connectivity index (χ0n) is 13.7. The van der Waals surface area contributed by atoms with Crippen LogP contribution in [-0.4, -0.2) is 11.3 Å². The van der Waals surface area contributed by atoms with Gasteiger partial charge in [-0.05, 0) is 44.0 Å². The van der Waals surface area contributed by atoms with Crippen molar-refractivity contribution in [1.29, 1.82) is 5.26 Å². The molecule has 0 aliphatic carbocycles. The fourth-order valence-electron chi connectivity index (χ4n) is 2.20. The van der Waals surface area contributed by atoms with Gasteiger partial charge in [-0.15, -0.1) is 0 Å². The lowest BCUT2D eigenvalue weighted by atomic mass is 10.0. The predicted molar refractivity (Wildman–Crippen MR) is 90.6 cm³/mol. The molecule has 130 valence electrons. The number of Topliss-reactive ketones (excluding diaryl/α,β-unsaturated/α-hetero) is 1. The third kappa shape index (κ3) is 7.22. The van der Waals surface area contributed by atoms with E-state index in [1.54, 1.807) is 18.2 Å². The van der Waals surface area contributed by atoms with Crippen LogP contribution in [0, 0.1) is 18.3 Å². The first kappa shape index (κ1) is 20.3. The molecule has 0 heterocycles. The smallest absolute Gasteiger partial charge is 0.294 e. The molecule has 0 aliphatic heterocycles. The minimum atomic E-state index is -4.42. The third-order valence-electron chi connectivity index (χ3n) is 3.41. The number of nitriles is 1. The van der Waals surface area contributed by atoms with Crippen molar-refractivity contribution in [3.05, 3.63) is 45.9 Å². The summed E-state index contributed by atoms with van der Waals surface area (Å²) in [5, 5.41) is 9.22. The van der Waals surface area contributed by atoms with Gasteiger partial charge in [-0.1, -0.05) is 37.1 Å². The van der Waals surface area contributed by atoms with Crippen molar-refractivity contribution in [2.24, 2.45) is 0 Å². The van der Waals surface area contributed by atoms with E-state index in [4.69, 9.17) is 0 Å². The van der Waals surface area contributed by atoms with E-state index in [0.29, 0.717) is 12.0 Å². The largest absolute Gasteiger partial charge is 0.446 e. The van der Waals surface area contributed by atoms with E-state index in [1.165, 1.54) is 0 Å². The molecule has 0 saturated heterocycles. The Balaban J connectivity index is 2.88. The number of hydrogen-bond donors (Lipinski definition) is 0. The van der Waals surface area contributed by atoms with Crippen LogP contribution in [0.4, 0.5) is 13.2 Å².